The molecule has 120 valence electrons. The second-order valence-electron chi connectivity index (χ2n) is 5.77. The van der Waals surface area contributed by atoms with Crippen molar-refractivity contribution >= 4 is 22.9 Å². The van der Waals surface area contributed by atoms with E-state index in [0.29, 0.717) is 6.42 Å². The molecule has 0 spiro atoms. The van der Waals surface area contributed by atoms with Gasteiger partial charge in [0.2, 0.25) is 5.91 Å². The summed E-state index contributed by atoms with van der Waals surface area (Å²) >= 11 is 1.66. The third-order valence-electron chi connectivity index (χ3n) is 3.88. The van der Waals surface area contributed by atoms with Gasteiger partial charge in [0.05, 0.1) is 28.9 Å². The van der Waals surface area contributed by atoms with Gasteiger partial charge in [-0.05, 0) is 39.3 Å². The van der Waals surface area contributed by atoms with Crippen molar-refractivity contribution in [3.63, 3.8) is 0 Å². The standard InChI is InChI=1S/C17H20N4OS/c1-10-6-5-7-21-14(9-18-17(10)21)8-15(22)19-11(2)16-12(3)23-13(4)20-16/h5-7,9,11H,8H2,1-4H3,(H,19,22)/t11-/m0/s1. The Bertz CT molecular complexity index is 865. The summed E-state index contributed by atoms with van der Waals surface area (Å²) < 4.78 is 1.97. The van der Waals surface area contributed by atoms with Gasteiger partial charge in [0.1, 0.15) is 5.65 Å². The summed E-state index contributed by atoms with van der Waals surface area (Å²) in [6, 6.07) is 3.89. The van der Waals surface area contributed by atoms with Crippen molar-refractivity contribution in [1.82, 2.24) is 19.7 Å². The van der Waals surface area contributed by atoms with Crippen LogP contribution in [0.25, 0.3) is 5.65 Å². The van der Waals surface area contributed by atoms with Crippen LogP contribution >= 0.6 is 11.3 Å². The van der Waals surface area contributed by atoms with E-state index in [1.807, 2.05) is 50.4 Å². The maximum Gasteiger partial charge on any atom is 0.226 e. The Kier molecular flexibility index (Phi) is 4.17. The lowest BCUT2D eigenvalue weighted by Gasteiger charge is -2.12. The van der Waals surface area contributed by atoms with Gasteiger partial charge in [-0.3, -0.25) is 4.79 Å². The fourth-order valence-electron chi connectivity index (χ4n) is 2.81. The number of imidazole rings is 1. The molecule has 0 radical (unpaired) electrons. The van der Waals surface area contributed by atoms with E-state index in [4.69, 9.17) is 0 Å². The first-order chi connectivity index (χ1) is 11.0. The molecule has 0 saturated carbocycles. The molecule has 0 aliphatic rings. The van der Waals surface area contributed by atoms with E-state index in [1.54, 1.807) is 17.5 Å². The lowest BCUT2D eigenvalue weighted by atomic mass is 10.2. The van der Waals surface area contributed by atoms with Gasteiger partial charge in [-0.25, -0.2) is 9.97 Å². The molecule has 1 N–H and O–H groups in total. The van der Waals surface area contributed by atoms with Crippen molar-refractivity contribution in [3.05, 3.63) is 51.4 Å². The summed E-state index contributed by atoms with van der Waals surface area (Å²) in [5.74, 6) is -0.0224. The molecule has 6 heteroatoms. The summed E-state index contributed by atoms with van der Waals surface area (Å²) in [6.45, 7) is 8.01. The number of aryl methyl sites for hydroxylation is 3. The van der Waals surface area contributed by atoms with Crippen LogP contribution in [0.15, 0.2) is 24.5 Å². The van der Waals surface area contributed by atoms with Crippen molar-refractivity contribution in [2.24, 2.45) is 0 Å². The zero-order valence-corrected chi connectivity index (χ0v) is 14.6. The third-order valence-corrected chi connectivity index (χ3v) is 4.78. The number of aromatic nitrogens is 3. The molecule has 0 saturated heterocycles. The largest absolute Gasteiger partial charge is 0.348 e. The van der Waals surface area contributed by atoms with Crippen LogP contribution in [0.2, 0.25) is 0 Å². The molecule has 5 nitrogen and oxygen atoms in total. The summed E-state index contributed by atoms with van der Waals surface area (Å²) in [4.78, 5) is 22.4. The van der Waals surface area contributed by atoms with Crippen LogP contribution < -0.4 is 5.32 Å². The zero-order chi connectivity index (χ0) is 16.6. The SMILES string of the molecule is Cc1nc([C@H](C)NC(=O)Cc2cnc3c(C)cccn23)c(C)s1. The number of nitrogens with one attached hydrogen (secondary N) is 1. The van der Waals surface area contributed by atoms with Gasteiger partial charge in [-0.1, -0.05) is 6.07 Å². The molecule has 3 aromatic rings. The van der Waals surface area contributed by atoms with Gasteiger partial charge >= 0.3 is 0 Å². The van der Waals surface area contributed by atoms with Crippen molar-refractivity contribution in [2.75, 3.05) is 0 Å². The number of hydrogen-bond acceptors (Lipinski definition) is 4. The number of pyridine rings is 1. The maximum atomic E-state index is 12.4. The molecular weight excluding hydrogens is 308 g/mol. The molecule has 0 fully saturated rings. The number of amides is 1. The van der Waals surface area contributed by atoms with E-state index < -0.39 is 0 Å². The number of carbonyl (C=O) groups is 1. The normalized spacial score (nSPS) is 12.5. The predicted octanol–water partition coefficient (Wildman–Crippen LogP) is 3.14. The Hall–Kier alpha value is -2.21. The molecule has 1 atom stereocenters. The minimum atomic E-state index is -0.0895. The number of fused-ring (bicyclic) bond motifs is 1. The van der Waals surface area contributed by atoms with E-state index in [1.165, 1.54) is 0 Å². The highest BCUT2D eigenvalue weighted by Gasteiger charge is 2.17. The predicted molar refractivity (Wildman–Crippen MR) is 91.8 cm³/mol. The number of hydrogen-bond donors (Lipinski definition) is 1. The Morgan fingerprint density at radius 2 is 2.17 bits per heavy atom. The molecule has 0 bridgehead atoms. The molecule has 0 aromatic carbocycles. The molecular formula is C17H20N4OS. The number of carbonyl (C=O) groups excluding carboxylic acids is 1. The molecule has 0 unspecified atom stereocenters. The monoisotopic (exact) mass is 328 g/mol. The van der Waals surface area contributed by atoms with Crippen LogP contribution in [0.1, 0.15) is 39.8 Å². The second-order valence-corrected chi connectivity index (χ2v) is 7.18. The molecule has 23 heavy (non-hydrogen) atoms. The van der Waals surface area contributed by atoms with Gasteiger partial charge in [-0.2, -0.15) is 0 Å². The Labute approximate surface area is 139 Å². The van der Waals surface area contributed by atoms with Crippen LogP contribution in [-0.4, -0.2) is 20.3 Å². The van der Waals surface area contributed by atoms with Gasteiger partial charge in [0.15, 0.2) is 0 Å². The van der Waals surface area contributed by atoms with E-state index >= 15 is 0 Å². The highest BCUT2D eigenvalue weighted by atomic mass is 32.1. The highest BCUT2D eigenvalue weighted by molar-refractivity contribution is 7.11. The first kappa shape index (κ1) is 15.7. The first-order valence-corrected chi connectivity index (χ1v) is 8.42. The van der Waals surface area contributed by atoms with Crippen molar-refractivity contribution in [2.45, 2.75) is 40.2 Å². The number of thiazole rings is 1. The van der Waals surface area contributed by atoms with Gasteiger partial charge in [0, 0.05) is 17.3 Å². The zero-order valence-electron chi connectivity index (χ0n) is 13.8. The number of nitrogens with zero attached hydrogens (tertiary/aromatic N) is 3. The smallest absolute Gasteiger partial charge is 0.226 e. The lowest BCUT2D eigenvalue weighted by Crippen LogP contribution is -2.29. The van der Waals surface area contributed by atoms with Crippen molar-refractivity contribution in [1.29, 1.82) is 0 Å². The molecule has 3 rings (SSSR count). The lowest BCUT2D eigenvalue weighted by molar-refractivity contribution is -0.121. The van der Waals surface area contributed by atoms with E-state index in [0.717, 1.165) is 32.5 Å². The Balaban J connectivity index is 1.74. The first-order valence-electron chi connectivity index (χ1n) is 7.60. The van der Waals surface area contributed by atoms with Gasteiger partial charge in [0.25, 0.3) is 0 Å². The Morgan fingerprint density at radius 1 is 1.39 bits per heavy atom. The quantitative estimate of drug-likeness (QED) is 0.800. The summed E-state index contributed by atoms with van der Waals surface area (Å²) in [6.07, 6.45) is 4.01. The average Bonchev–Trinajstić information content (AvgIpc) is 3.03. The van der Waals surface area contributed by atoms with Crippen molar-refractivity contribution in [3.8, 4) is 0 Å². The molecule has 3 heterocycles. The van der Waals surface area contributed by atoms with Crippen LogP contribution in [0.3, 0.4) is 0 Å². The Morgan fingerprint density at radius 3 is 2.87 bits per heavy atom. The van der Waals surface area contributed by atoms with E-state index in [-0.39, 0.29) is 11.9 Å². The highest BCUT2D eigenvalue weighted by Crippen LogP contribution is 2.22. The summed E-state index contributed by atoms with van der Waals surface area (Å²) in [5.41, 5.74) is 3.84. The minimum absolute atomic E-state index is 0.0224. The molecule has 0 aliphatic heterocycles. The van der Waals surface area contributed by atoms with Crippen molar-refractivity contribution < 1.29 is 4.79 Å². The van der Waals surface area contributed by atoms with Gasteiger partial charge in [-0.15, -0.1) is 11.3 Å². The fraction of sp³-hybridized carbons (Fsp3) is 0.353. The average molecular weight is 328 g/mol. The van der Waals surface area contributed by atoms with E-state index in [9.17, 15) is 4.79 Å². The van der Waals surface area contributed by atoms with Crippen LogP contribution in [0.4, 0.5) is 0 Å². The van der Waals surface area contributed by atoms with Crippen LogP contribution in [0.5, 0.6) is 0 Å². The second kappa shape index (κ2) is 6.12. The maximum absolute atomic E-state index is 12.4. The number of rotatable bonds is 4. The third kappa shape index (κ3) is 3.12. The molecule has 0 aliphatic carbocycles. The topological polar surface area (TPSA) is 59.3 Å². The molecule has 1 amide bonds. The molecule has 3 aromatic heterocycles. The van der Waals surface area contributed by atoms with E-state index in [2.05, 4.69) is 15.3 Å². The van der Waals surface area contributed by atoms with Crippen LogP contribution in [-0.2, 0) is 11.2 Å². The van der Waals surface area contributed by atoms with Gasteiger partial charge < -0.3 is 9.72 Å². The summed E-state index contributed by atoms with van der Waals surface area (Å²) in [5, 5.41) is 4.06. The van der Waals surface area contributed by atoms with Crippen LogP contribution in [0, 0.1) is 20.8 Å². The summed E-state index contributed by atoms with van der Waals surface area (Å²) in [7, 11) is 0. The fourth-order valence-corrected chi connectivity index (χ4v) is 3.72. The minimum Gasteiger partial charge on any atom is -0.348 e.